The van der Waals surface area contributed by atoms with Crippen molar-refractivity contribution in [1.82, 2.24) is 4.90 Å². The summed E-state index contributed by atoms with van der Waals surface area (Å²) < 4.78 is 10.6. The second-order valence-electron chi connectivity index (χ2n) is 6.12. The molecule has 0 aliphatic carbocycles. The Hall–Kier alpha value is -1.95. The molecule has 0 bridgehead atoms. The van der Waals surface area contributed by atoms with Gasteiger partial charge in [0, 0.05) is 13.1 Å². The van der Waals surface area contributed by atoms with Crippen LogP contribution < -0.4 is 9.47 Å². The van der Waals surface area contributed by atoms with Gasteiger partial charge in [-0.1, -0.05) is 13.0 Å². The maximum absolute atomic E-state index is 12.2. The summed E-state index contributed by atoms with van der Waals surface area (Å²) in [4.78, 5) is 19.4. The summed E-state index contributed by atoms with van der Waals surface area (Å²) >= 11 is 1.46. The van der Waals surface area contributed by atoms with Crippen molar-refractivity contribution in [3.63, 3.8) is 0 Å². The molecule has 1 aromatic carbocycles. The number of benzene rings is 1. The molecule has 5 nitrogen and oxygen atoms in total. The molecule has 0 spiro atoms. The number of ether oxygens (including phenoxy) is 2. The molecule has 1 aromatic rings. The molecule has 24 heavy (non-hydrogen) atoms. The Morgan fingerprint density at radius 3 is 2.79 bits per heavy atom. The Labute approximate surface area is 146 Å². The van der Waals surface area contributed by atoms with E-state index in [2.05, 4.69) is 16.8 Å². The summed E-state index contributed by atoms with van der Waals surface area (Å²) in [5.74, 6) is 1.80. The molecule has 2 aliphatic rings. The number of hydrogen-bond acceptors (Lipinski definition) is 5. The molecule has 1 atom stereocenters. The van der Waals surface area contributed by atoms with E-state index in [1.165, 1.54) is 18.2 Å². The molecule has 0 aromatic heterocycles. The highest BCUT2D eigenvalue weighted by atomic mass is 32.2. The largest absolute Gasteiger partial charge is 0.493 e. The fraction of sp³-hybridized carbons (Fsp3) is 0.444. The van der Waals surface area contributed by atoms with E-state index in [1.54, 1.807) is 14.2 Å². The molecule has 1 fully saturated rings. The first-order valence-corrected chi connectivity index (χ1v) is 8.92. The van der Waals surface area contributed by atoms with Crippen LogP contribution in [0.3, 0.4) is 0 Å². The lowest BCUT2D eigenvalue weighted by atomic mass is 10.0. The molecule has 2 heterocycles. The van der Waals surface area contributed by atoms with Crippen molar-refractivity contribution < 1.29 is 14.3 Å². The average Bonchev–Trinajstić information content (AvgIpc) is 2.95. The van der Waals surface area contributed by atoms with Gasteiger partial charge >= 0.3 is 0 Å². The number of carbonyl (C=O) groups excluding carboxylic acids is 1. The minimum Gasteiger partial charge on any atom is -0.493 e. The molecule has 128 valence electrons. The second kappa shape index (κ2) is 7.30. The van der Waals surface area contributed by atoms with Crippen molar-refractivity contribution in [3.05, 3.63) is 28.7 Å². The van der Waals surface area contributed by atoms with Gasteiger partial charge in [0.1, 0.15) is 0 Å². The molecule has 1 saturated heterocycles. The van der Waals surface area contributed by atoms with Crippen molar-refractivity contribution in [2.24, 2.45) is 10.9 Å². The number of aliphatic imine (C=N–C) groups is 1. The molecule has 1 amide bonds. The fourth-order valence-electron chi connectivity index (χ4n) is 2.99. The van der Waals surface area contributed by atoms with Crippen LogP contribution in [-0.4, -0.2) is 43.3 Å². The van der Waals surface area contributed by atoms with Crippen molar-refractivity contribution in [2.75, 3.05) is 27.3 Å². The summed E-state index contributed by atoms with van der Waals surface area (Å²) in [7, 11) is 3.20. The standard InChI is InChI=1S/C18H22N2O3S/c1-12-5-4-8-20(11-12)18-19-17(21)16(24-18)10-13-6-7-14(22-2)15(9-13)23-3/h6-7,9-10,12H,4-5,8,11H2,1-3H3/b16-10-/t12-/m0/s1. The molecule has 3 rings (SSSR count). The first kappa shape index (κ1) is 16.9. The van der Waals surface area contributed by atoms with Gasteiger partial charge < -0.3 is 14.4 Å². The zero-order valence-electron chi connectivity index (χ0n) is 14.2. The van der Waals surface area contributed by atoms with E-state index in [0.717, 1.165) is 30.2 Å². The quantitative estimate of drug-likeness (QED) is 0.785. The average molecular weight is 346 g/mol. The summed E-state index contributed by atoms with van der Waals surface area (Å²) in [6.07, 6.45) is 4.26. The van der Waals surface area contributed by atoms with Gasteiger partial charge in [0.25, 0.3) is 5.91 Å². The molecule has 0 saturated carbocycles. The minimum absolute atomic E-state index is 0.164. The number of amidine groups is 1. The van der Waals surface area contributed by atoms with E-state index >= 15 is 0 Å². The Morgan fingerprint density at radius 2 is 2.08 bits per heavy atom. The van der Waals surface area contributed by atoms with E-state index in [1.807, 2.05) is 24.3 Å². The van der Waals surface area contributed by atoms with Gasteiger partial charge in [-0.3, -0.25) is 4.79 Å². The fourth-order valence-corrected chi connectivity index (χ4v) is 3.94. The van der Waals surface area contributed by atoms with Gasteiger partial charge in [-0.15, -0.1) is 0 Å². The second-order valence-corrected chi connectivity index (χ2v) is 7.13. The number of likely N-dealkylation sites (tertiary alicyclic amines) is 1. The smallest absolute Gasteiger partial charge is 0.286 e. The van der Waals surface area contributed by atoms with Crippen LogP contribution in [0.5, 0.6) is 11.5 Å². The van der Waals surface area contributed by atoms with E-state index in [-0.39, 0.29) is 5.91 Å². The lowest BCUT2D eigenvalue weighted by Crippen LogP contribution is -2.37. The zero-order valence-corrected chi connectivity index (χ0v) is 15.1. The van der Waals surface area contributed by atoms with Crippen LogP contribution >= 0.6 is 11.8 Å². The molecule has 0 radical (unpaired) electrons. The van der Waals surface area contributed by atoms with E-state index < -0.39 is 0 Å². The van der Waals surface area contributed by atoms with E-state index in [0.29, 0.717) is 22.3 Å². The monoisotopic (exact) mass is 346 g/mol. The summed E-state index contributed by atoms with van der Waals surface area (Å²) in [6.45, 7) is 4.20. The highest BCUT2D eigenvalue weighted by Crippen LogP contribution is 2.34. The number of thioether (sulfide) groups is 1. The summed E-state index contributed by atoms with van der Waals surface area (Å²) in [5, 5.41) is 0.832. The predicted octanol–water partition coefficient (Wildman–Crippen LogP) is 3.41. The lowest BCUT2D eigenvalue weighted by molar-refractivity contribution is -0.113. The number of piperidine rings is 1. The Morgan fingerprint density at radius 1 is 1.29 bits per heavy atom. The normalized spacial score (nSPS) is 22.7. The van der Waals surface area contributed by atoms with E-state index in [4.69, 9.17) is 9.47 Å². The molecular weight excluding hydrogens is 324 g/mol. The Kier molecular flexibility index (Phi) is 5.14. The van der Waals surface area contributed by atoms with Gasteiger partial charge in [0.15, 0.2) is 16.7 Å². The van der Waals surface area contributed by atoms with Crippen molar-refractivity contribution in [3.8, 4) is 11.5 Å². The molecule has 2 aliphatic heterocycles. The van der Waals surface area contributed by atoms with Crippen LogP contribution in [0, 0.1) is 5.92 Å². The van der Waals surface area contributed by atoms with Crippen LogP contribution in [0.1, 0.15) is 25.3 Å². The van der Waals surface area contributed by atoms with Crippen LogP contribution in [0.15, 0.2) is 28.1 Å². The van der Waals surface area contributed by atoms with Gasteiger partial charge in [0.05, 0.1) is 19.1 Å². The van der Waals surface area contributed by atoms with Crippen molar-refractivity contribution >= 4 is 28.9 Å². The maximum Gasteiger partial charge on any atom is 0.286 e. The number of nitrogens with zero attached hydrogens (tertiary/aromatic N) is 2. The molecule has 6 heteroatoms. The first-order valence-electron chi connectivity index (χ1n) is 8.10. The Balaban J connectivity index is 1.77. The van der Waals surface area contributed by atoms with Gasteiger partial charge in [-0.05, 0) is 54.3 Å². The van der Waals surface area contributed by atoms with Crippen LogP contribution in [0.2, 0.25) is 0 Å². The maximum atomic E-state index is 12.2. The van der Waals surface area contributed by atoms with Crippen molar-refractivity contribution in [1.29, 1.82) is 0 Å². The third-order valence-electron chi connectivity index (χ3n) is 4.24. The molecular formula is C18H22N2O3S. The van der Waals surface area contributed by atoms with Gasteiger partial charge in [-0.2, -0.15) is 4.99 Å². The highest BCUT2D eigenvalue weighted by Gasteiger charge is 2.28. The molecule has 0 N–H and O–H groups in total. The third-order valence-corrected chi connectivity index (χ3v) is 5.29. The van der Waals surface area contributed by atoms with Crippen LogP contribution in [0.25, 0.3) is 6.08 Å². The van der Waals surface area contributed by atoms with Crippen LogP contribution in [0.4, 0.5) is 0 Å². The van der Waals surface area contributed by atoms with E-state index in [9.17, 15) is 4.79 Å². The minimum atomic E-state index is -0.164. The third kappa shape index (κ3) is 3.59. The number of carbonyl (C=O) groups is 1. The van der Waals surface area contributed by atoms with Crippen LogP contribution in [-0.2, 0) is 4.79 Å². The number of hydrogen-bond donors (Lipinski definition) is 0. The molecule has 0 unspecified atom stereocenters. The Bertz CT molecular complexity index is 700. The highest BCUT2D eigenvalue weighted by molar-refractivity contribution is 8.18. The van der Waals surface area contributed by atoms with Gasteiger partial charge in [0.2, 0.25) is 0 Å². The van der Waals surface area contributed by atoms with Crippen molar-refractivity contribution in [2.45, 2.75) is 19.8 Å². The predicted molar refractivity (Wildman–Crippen MR) is 97.5 cm³/mol. The van der Waals surface area contributed by atoms with Gasteiger partial charge in [-0.25, -0.2) is 0 Å². The summed E-state index contributed by atoms with van der Waals surface area (Å²) in [5.41, 5.74) is 0.895. The SMILES string of the molecule is COc1ccc(/C=C2\SC(N3CCC[C@H](C)C3)=NC2=O)cc1OC. The number of methoxy groups -OCH3 is 2. The number of amides is 1. The summed E-state index contributed by atoms with van der Waals surface area (Å²) in [6, 6.07) is 5.60. The number of rotatable bonds is 3. The first-order chi connectivity index (χ1) is 11.6. The topological polar surface area (TPSA) is 51.1 Å². The zero-order chi connectivity index (χ0) is 17.1. The lowest BCUT2D eigenvalue weighted by Gasteiger charge is -2.31.